The number of hydrogen-bond acceptors (Lipinski definition) is 6. The number of nitrogens with zero attached hydrogens (tertiary/aromatic N) is 4. The van der Waals surface area contributed by atoms with Crippen LogP contribution in [0.4, 0.5) is 26.1 Å². The summed E-state index contributed by atoms with van der Waals surface area (Å²) >= 11 is 0. The summed E-state index contributed by atoms with van der Waals surface area (Å²) in [4.78, 5) is 15.9. The Balaban J connectivity index is 1.65. The smallest absolute Gasteiger partial charge is 0.137 e. The second-order valence-electron chi connectivity index (χ2n) is 8.07. The Kier molecular flexibility index (Phi) is 5.60. The third-order valence-corrected chi connectivity index (χ3v) is 5.73. The van der Waals surface area contributed by atoms with Gasteiger partial charge in [0, 0.05) is 37.0 Å². The second kappa shape index (κ2) is 8.71. The van der Waals surface area contributed by atoms with Gasteiger partial charge in [0.2, 0.25) is 0 Å². The van der Waals surface area contributed by atoms with E-state index in [0.717, 1.165) is 30.5 Å². The Bertz CT molecular complexity index is 1340. The van der Waals surface area contributed by atoms with Gasteiger partial charge in [-0.3, -0.25) is 4.98 Å². The lowest BCUT2D eigenvalue weighted by Crippen LogP contribution is -2.36. The quantitative estimate of drug-likeness (QED) is 0.466. The minimum Gasteiger partial charge on any atom is -0.378 e. The van der Waals surface area contributed by atoms with Crippen LogP contribution in [0.5, 0.6) is 0 Å². The highest BCUT2D eigenvalue weighted by atomic mass is 19.1. The molecule has 0 aliphatic carbocycles. The van der Waals surface area contributed by atoms with Gasteiger partial charge in [0.25, 0.3) is 0 Å². The van der Waals surface area contributed by atoms with E-state index in [0.29, 0.717) is 41.7 Å². The van der Waals surface area contributed by atoms with Crippen LogP contribution in [-0.2, 0) is 4.74 Å². The highest BCUT2D eigenvalue weighted by molar-refractivity contribution is 5.98. The number of anilines is 3. The molecule has 0 amide bonds. The molecule has 0 unspecified atom stereocenters. The predicted molar refractivity (Wildman–Crippen MR) is 125 cm³/mol. The first-order valence-corrected chi connectivity index (χ1v) is 10.8. The molecule has 1 aliphatic rings. The average molecular weight is 447 g/mol. The van der Waals surface area contributed by atoms with E-state index in [9.17, 15) is 8.78 Å². The lowest BCUT2D eigenvalue weighted by molar-refractivity contribution is 0.122. The zero-order chi connectivity index (χ0) is 22.9. The number of benzene rings is 1. The molecule has 0 bridgehead atoms. The molecule has 0 spiro atoms. The number of aromatic nitrogens is 3. The van der Waals surface area contributed by atoms with Gasteiger partial charge in [-0.25, -0.2) is 18.7 Å². The molecule has 0 saturated carbocycles. The Morgan fingerprint density at radius 1 is 1.00 bits per heavy atom. The van der Waals surface area contributed by atoms with E-state index in [-0.39, 0.29) is 10.9 Å². The van der Waals surface area contributed by atoms with Gasteiger partial charge >= 0.3 is 0 Å². The summed E-state index contributed by atoms with van der Waals surface area (Å²) in [6.07, 6.45) is 1.70. The fraction of sp³-hybridized carbons (Fsp3) is 0.240. The van der Waals surface area contributed by atoms with E-state index in [1.165, 1.54) is 6.07 Å². The molecular weight excluding hydrogens is 424 g/mol. The molecule has 1 aliphatic heterocycles. The molecule has 8 heteroatoms. The number of hydrogen-bond donors (Lipinski definition) is 1. The largest absolute Gasteiger partial charge is 0.378 e. The molecule has 5 rings (SSSR count). The van der Waals surface area contributed by atoms with E-state index in [2.05, 4.69) is 20.2 Å². The Labute approximate surface area is 190 Å². The molecule has 33 heavy (non-hydrogen) atoms. The number of halogens is 2. The summed E-state index contributed by atoms with van der Waals surface area (Å²) in [5, 5.41) is 3.49. The van der Waals surface area contributed by atoms with Crippen molar-refractivity contribution in [3.63, 3.8) is 0 Å². The van der Waals surface area contributed by atoms with Crippen molar-refractivity contribution in [2.24, 2.45) is 0 Å². The third-order valence-electron chi connectivity index (χ3n) is 5.73. The maximum absolute atomic E-state index is 15.0. The molecule has 1 N–H and O–H groups in total. The van der Waals surface area contributed by atoms with E-state index < -0.39 is 11.6 Å². The van der Waals surface area contributed by atoms with Gasteiger partial charge in [0.1, 0.15) is 23.3 Å². The number of morpholine rings is 1. The highest BCUT2D eigenvalue weighted by Crippen LogP contribution is 2.36. The Morgan fingerprint density at radius 2 is 1.82 bits per heavy atom. The number of fused-ring (bicyclic) bond motifs is 1. The Hall–Kier alpha value is -3.65. The number of aryl methyl sites for hydroxylation is 1. The van der Waals surface area contributed by atoms with Gasteiger partial charge in [-0.1, -0.05) is 6.07 Å². The first-order valence-electron chi connectivity index (χ1n) is 10.8. The van der Waals surface area contributed by atoms with E-state index >= 15 is 0 Å². The summed E-state index contributed by atoms with van der Waals surface area (Å²) < 4.78 is 34.5. The first kappa shape index (κ1) is 21.2. The van der Waals surface area contributed by atoms with Crippen LogP contribution in [-0.4, -0.2) is 41.3 Å². The SMILES string of the molecule is Cc1ccnc(-c2nc3cc(F)cc(F)c3c(Nc3cccc(N4CCOCC4)n3)c2C)c1. The van der Waals surface area contributed by atoms with Crippen LogP contribution in [0.3, 0.4) is 0 Å². The molecule has 3 aromatic heterocycles. The lowest BCUT2D eigenvalue weighted by Gasteiger charge is -2.28. The second-order valence-corrected chi connectivity index (χ2v) is 8.07. The fourth-order valence-corrected chi connectivity index (χ4v) is 4.07. The minimum atomic E-state index is -0.684. The molecular formula is C25H23F2N5O. The molecule has 1 aromatic carbocycles. The zero-order valence-electron chi connectivity index (χ0n) is 18.4. The summed E-state index contributed by atoms with van der Waals surface area (Å²) in [5.74, 6) is 0.00181. The van der Waals surface area contributed by atoms with Gasteiger partial charge in [-0.05, 0) is 43.7 Å². The Morgan fingerprint density at radius 3 is 2.61 bits per heavy atom. The summed E-state index contributed by atoms with van der Waals surface area (Å²) in [5.41, 5.74) is 3.61. The van der Waals surface area contributed by atoms with Gasteiger partial charge < -0.3 is 15.0 Å². The van der Waals surface area contributed by atoms with E-state index in [1.54, 1.807) is 6.20 Å². The molecule has 4 heterocycles. The van der Waals surface area contributed by atoms with Crippen molar-refractivity contribution in [3.8, 4) is 11.4 Å². The zero-order valence-corrected chi connectivity index (χ0v) is 18.4. The summed E-state index contributed by atoms with van der Waals surface area (Å²) in [6.45, 7) is 6.62. The molecule has 4 aromatic rings. The van der Waals surface area contributed by atoms with Crippen LogP contribution in [0.15, 0.2) is 48.7 Å². The molecule has 1 saturated heterocycles. The van der Waals surface area contributed by atoms with Crippen LogP contribution in [0.25, 0.3) is 22.3 Å². The number of ether oxygens (including phenoxy) is 1. The standard InChI is InChI=1S/C25H23F2N5O/c1-15-6-7-28-20(12-15)24-16(2)25(23-18(27)13-17(26)14-19(23)29-24)31-21-4-3-5-22(30-21)32-8-10-33-11-9-32/h3-7,12-14H,8-11H2,1-2H3,(H,29,30,31). The highest BCUT2D eigenvalue weighted by Gasteiger charge is 2.19. The molecule has 0 atom stereocenters. The van der Waals surface area contributed by atoms with Crippen LogP contribution in [0.2, 0.25) is 0 Å². The van der Waals surface area contributed by atoms with Crippen molar-refractivity contribution in [2.45, 2.75) is 13.8 Å². The summed E-state index contributed by atoms with van der Waals surface area (Å²) in [6, 6.07) is 11.6. The average Bonchev–Trinajstić information content (AvgIpc) is 2.81. The summed E-state index contributed by atoms with van der Waals surface area (Å²) in [7, 11) is 0. The number of pyridine rings is 3. The maximum Gasteiger partial charge on any atom is 0.137 e. The van der Waals surface area contributed by atoms with Crippen molar-refractivity contribution >= 4 is 28.2 Å². The van der Waals surface area contributed by atoms with Crippen LogP contribution in [0.1, 0.15) is 11.1 Å². The third kappa shape index (κ3) is 4.21. The topological polar surface area (TPSA) is 63.2 Å². The number of nitrogens with one attached hydrogen (secondary N) is 1. The normalized spacial score (nSPS) is 14.0. The van der Waals surface area contributed by atoms with Crippen LogP contribution in [0, 0.1) is 25.5 Å². The molecule has 168 valence electrons. The van der Waals surface area contributed by atoms with Crippen LogP contribution >= 0.6 is 0 Å². The monoisotopic (exact) mass is 447 g/mol. The van der Waals surface area contributed by atoms with Crippen molar-refractivity contribution in [1.82, 2.24) is 15.0 Å². The molecule has 0 radical (unpaired) electrons. The number of rotatable bonds is 4. The van der Waals surface area contributed by atoms with Gasteiger partial charge in [-0.2, -0.15) is 0 Å². The maximum atomic E-state index is 15.0. The van der Waals surface area contributed by atoms with Crippen molar-refractivity contribution in [1.29, 1.82) is 0 Å². The lowest BCUT2D eigenvalue weighted by atomic mass is 10.0. The van der Waals surface area contributed by atoms with Gasteiger partial charge in [-0.15, -0.1) is 0 Å². The van der Waals surface area contributed by atoms with E-state index in [1.807, 2.05) is 44.2 Å². The van der Waals surface area contributed by atoms with Crippen LogP contribution < -0.4 is 10.2 Å². The van der Waals surface area contributed by atoms with Gasteiger partial charge in [0.05, 0.1) is 41.2 Å². The molecule has 1 fully saturated rings. The minimum absolute atomic E-state index is 0.211. The first-order chi connectivity index (χ1) is 16.0. The fourth-order valence-electron chi connectivity index (χ4n) is 4.07. The van der Waals surface area contributed by atoms with Crippen molar-refractivity contribution < 1.29 is 13.5 Å². The van der Waals surface area contributed by atoms with Crippen molar-refractivity contribution in [3.05, 3.63) is 71.4 Å². The van der Waals surface area contributed by atoms with Crippen molar-refractivity contribution in [2.75, 3.05) is 36.5 Å². The van der Waals surface area contributed by atoms with E-state index in [4.69, 9.17) is 9.72 Å². The predicted octanol–water partition coefficient (Wildman–Crippen LogP) is 5.17. The molecule has 6 nitrogen and oxygen atoms in total. The van der Waals surface area contributed by atoms with Gasteiger partial charge in [0.15, 0.2) is 0 Å².